The van der Waals surface area contributed by atoms with Crippen molar-refractivity contribution < 1.29 is 38.4 Å². The minimum absolute atomic E-state index is 0.0104. The molecular formula is C21H28N4O10. The van der Waals surface area contributed by atoms with Gasteiger partial charge in [0.1, 0.15) is 5.69 Å². The van der Waals surface area contributed by atoms with E-state index in [4.69, 9.17) is 14.2 Å². The number of anilines is 1. The number of nitrogens with one attached hydrogen (secondary N) is 1. The first kappa shape index (κ1) is 28.9. The number of non-ortho nitro benzene ring substituents is 1. The van der Waals surface area contributed by atoms with Crippen molar-refractivity contribution in [2.24, 2.45) is 16.4 Å². The maximum Gasteiger partial charge on any atom is 0.324 e. The van der Waals surface area contributed by atoms with Gasteiger partial charge in [-0.15, -0.1) is 0 Å². The summed E-state index contributed by atoms with van der Waals surface area (Å²) in [5.41, 5.74) is -1.03. The number of nitrogens with zero attached hydrogens (tertiary/aromatic N) is 3. The largest absolute Gasteiger partial charge is 0.466 e. The van der Waals surface area contributed by atoms with Gasteiger partial charge >= 0.3 is 23.6 Å². The smallest absolute Gasteiger partial charge is 0.324 e. The van der Waals surface area contributed by atoms with Gasteiger partial charge in [-0.25, -0.2) is 0 Å². The van der Waals surface area contributed by atoms with Crippen LogP contribution in [-0.4, -0.2) is 53.8 Å². The number of nitro benzene ring substituents is 2. The van der Waals surface area contributed by atoms with Gasteiger partial charge in [0.2, 0.25) is 0 Å². The van der Waals surface area contributed by atoms with Crippen LogP contribution in [0.25, 0.3) is 0 Å². The first-order valence-corrected chi connectivity index (χ1v) is 10.8. The number of esters is 3. The Morgan fingerprint density at radius 2 is 1.57 bits per heavy atom. The van der Waals surface area contributed by atoms with Crippen molar-refractivity contribution in [2.75, 3.05) is 25.2 Å². The standard InChI is InChI=1S/C21H28N4O10/c1-5-15(18(26)33-6-2)21(19(27)34-7-3,20(28)35-8-4)11-12-22-23-16-10-9-14(24(29)30)13-17(16)25(31)32/h9-10,12-13,15,23H,5-8,11H2,1-4H3/b22-12-. The van der Waals surface area contributed by atoms with Crippen LogP contribution in [0.5, 0.6) is 0 Å². The van der Waals surface area contributed by atoms with Gasteiger partial charge < -0.3 is 14.2 Å². The first-order valence-electron chi connectivity index (χ1n) is 10.8. The summed E-state index contributed by atoms with van der Waals surface area (Å²) < 4.78 is 15.3. The summed E-state index contributed by atoms with van der Waals surface area (Å²) in [6, 6.07) is 2.89. The third kappa shape index (κ3) is 6.94. The van der Waals surface area contributed by atoms with Gasteiger partial charge in [0, 0.05) is 18.7 Å². The van der Waals surface area contributed by atoms with Gasteiger partial charge in [-0.3, -0.25) is 40.0 Å². The van der Waals surface area contributed by atoms with Crippen molar-refractivity contribution in [1.82, 2.24) is 0 Å². The molecule has 0 aromatic heterocycles. The molecule has 0 saturated carbocycles. The van der Waals surface area contributed by atoms with Crippen molar-refractivity contribution in [3.8, 4) is 0 Å². The molecule has 1 aromatic rings. The van der Waals surface area contributed by atoms with E-state index < -0.39 is 56.9 Å². The van der Waals surface area contributed by atoms with Crippen molar-refractivity contribution in [1.29, 1.82) is 0 Å². The Kier molecular flexibility index (Phi) is 11.2. The van der Waals surface area contributed by atoms with E-state index >= 15 is 0 Å². The molecule has 1 unspecified atom stereocenters. The fraction of sp³-hybridized carbons (Fsp3) is 0.524. The van der Waals surface area contributed by atoms with Crippen LogP contribution in [0.2, 0.25) is 0 Å². The highest BCUT2D eigenvalue weighted by molar-refractivity contribution is 6.06. The molecule has 1 atom stereocenters. The average Bonchev–Trinajstić information content (AvgIpc) is 2.81. The lowest BCUT2D eigenvalue weighted by Crippen LogP contribution is -2.51. The van der Waals surface area contributed by atoms with Crippen LogP contribution in [-0.2, 0) is 28.6 Å². The van der Waals surface area contributed by atoms with E-state index in [1.807, 2.05) is 0 Å². The van der Waals surface area contributed by atoms with Crippen LogP contribution >= 0.6 is 0 Å². The summed E-state index contributed by atoms with van der Waals surface area (Å²) in [5, 5.41) is 26.0. The molecule has 0 fully saturated rings. The Bertz CT molecular complexity index is 961. The molecule has 14 nitrogen and oxygen atoms in total. The molecule has 0 aliphatic heterocycles. The molecule has 1 rings (SSSR count). The summed E-state index contributed by atoms with van der Waals surface area (Å²) in [4.78, 5) is 59.3. The van der Waals surface area contributed by atoms with Crippen LogP contribution < -0.4 is 5.43 Å². The molecule has 1 N–H and O–H groups in total. The molecule has 0 spiro atoms. The second kappa shape index (κ2) is 13.6. The van der Waals surface area contributed by atoms with Crippen molar-refractivity contribution in [2.45, 2.75) is 40.5 Å². The highest BCUT2D eigenvalue weighted by atomic mass is 16.6. The zero-order valence-electron chi connectivity index (χ0n) is 19.8. The lowest BCUT2D eigenvalue weighted by molar-refractivity contribution is -0.393. The molecule has 0 aliphatic carbocycles. The number of nitro groups is 2. The number of ether oxygens (including phenoxy) is 3. The van der Waals surface area contributed by atoms with Crippen LogP contribution in [0.4, 0.5) is 17.1 Å². The van der Waals surface area contributed by atoms with Crippen LogP contribution in [0.3, 0.4) is 0 Å². The molecule has 0 amide bonds. The quantitative estimate of drug-likeness (QED) is 0.0994. The Morgan fingerprint density at radius 3 is 2.03 bits per heavy atom. The Labute approximate surface area is 200 Å². The fourth-order valence-corrected chi connectivity index (χ4v) is 3.34. The molecular weight excluding hydrogens is 468 g/mol. The fourth-order valence-electron chi connectivity index (χ4n) is 3.34. The second-order valence-electron chi connectivity index (χ2n) is 6.97. The predicted octanol–water partition coefficient (Wildman–Crippen LogP) is 2.99. The first-order chi connectivity index (χ1) is 16.6. The maximum atomic E-state index is 13.0. The lowest BCUT2D eigenvalue weighted by atomic mass is 9.71. The zero-order valence-corrected chi connectivity index (χ0v) is 19.8. The lowest BCUT2D eigenvalue weighted by Gasteiger charge is -2.33. The van der Waals surface area contributed by atoms with E-state index in [9.17, 15) is 34.6 Å². The van der Waals surface area contributed by atoms with E-state index in [1.165, 1.54) is 13.8 Å². The number of hydrogen-bond acceptors (Lipinski definition) is 12. The van der Waals surface area contributed by atoms with Gasteiger partial charge in [-0.1, -0.05) is 6.92 Å². The normalized spacial score (nSPS) is 12.0. The number of rotatable bonds is 14. The zero-order chi connectivity index (χ0) is 26.6. The Hall–Kier alpha value is -4.10. The van der Waals surface area contributed by atoms with Gasteiger partial charge in [0.15, 0.2) is 5.41 Å². The number of carbonyl (C=O) groups excluding carboxylic acids is 3. The van der Waals surface area contributed by atoms with Crippen LogP contribution in [0, 0.1) is 31.6 Å². The molecule has 0 heterocycles. The summed E-state index contributed by atoms with van der Waals surface area (Å²) >= 11 is 0. The van der Waals surface area contributed by atoms with Crippen molar-refractivity contribution >= 4 is 41.2 Å². The Balaban J connectivity index is 3.42. The minimum Gasteiger partial charge on any atom is -0.466 e. The van der Waals surface area contributed by atoms with E-state index in [0.717, 1.165) is 24.4 Å². The summed E-state index contributed by atoms with van der Waals surface area (Å²) in [6.45, 7) is 6.07. The van der Waals surface area contributed by atoms with Gasteiger partial charge in [-0.05, 0) is 33.3 Å². The van der Waals surface area contributed by atoms with Gasteiger partial charge in [-0.2, -0.15) is 5.10 Å². The average molecular weight is 496 g/mol. The molecule has 0 aliphatic rings. The molecule has 192 valence electrons. The van der Waals surface area contributed by atoms with Crippen LogP contribution in [0.15, 0.2) is 23.3 Å². The SMILES string of the molecule is CCOC(=O)C(CC)C(C/C=N\Nc1ccc([N+](=O)[O-])cc1[N+](=O)[O-])(C(=O)OCC)C(=O)OCC. The monoisotopic (exact) mass is 496 g/mol. The molecule has 35 heavy (non-hydrogen) atoms. The van der Waals surface area contributed by atoms with Gasteiger partial charge in [0.25, 0.3) is 5.69 Å². The van der Waals surface area contributed by atoms with E-state index in [1.54, 1.807) is 13.8 Å². The van der Waals surface area contributed by atoms with Crippen molar-refractivity contribution in [3.05, 3.63) is 38.4 Å². The topological polar surface area (TPSA) is 190 Å². The molecule has 0 bridgehead atoms. The highest BCUT2D eigenvalue weighted by Crippen LogP contribution is 2.38. The maximum absolute atomic E-state index is 13.0. The third-order valence-electron chi connectivity index (χ3n) is 4.93. The summed E-state index contributed by atoms with van der Waals surface area (Å²) in [5.74, 6) is -4.08. The van der Waals surface area contributed by atoms with E-state index in [-0.39, 0.29) is 31.9 Å². The molecule has 0 saturated heterocycles. The highest BCUT2D eigenvalue weighted by Gasteiger charge is 2.57. The minimum atomic E-state index is -2.13. The Morgan fingerprint density at radius 1 is 1.00 bits per heavy atom. The molecule has 1 aromatic carbocycles. The van der Waals surface area contributed by atoms with Crippen molar-refractivity contribution in [3.63, 3.8) is 0 Å². The number of benzene rings is 1. The van der Waals surface area contributed by atoms with E-state index in [2.05, 4.69) is 10.5 Å². The summed E-state index contributed by atoms with van der Waals surface area (Å²) in [7, 11) is 0. The van der Waals surface area contributed by atoms with Crippen LogP contribution in [0.1, 0.15) is 40.5 Å². The molecule has 0 radical (unpaired) electrons. The van der Waals surface area contributed by atoms with Gasteiger partial charge in [0.05, 0.1) is 41.7 Å². The van der Waals surface area contributed by atoms with E-state index in [0.29, 0.717) is 0 Å². The number of carbonyl (C=O) groups is 3. The number of hydrogen-bond donors (Lipinski definition) is 1. The predicted molar refractivity (Wildman–Crippen MR) is 123 cm³/mol. The number of hydrazone groups is 1. The molecule has 14 heteroatoms. The third-order valence-corrected chi connectivity index (χ3v) is 4.93. The summed E-state index contributed by atoms with van der Waals surface area (Å²) in [6.07, 6.45) is 0.641. The second-order valence-corrected chi connectivity index (χ2v) is 6.97.